The number of hydrogen-bond acceptors (Lipinski definition) is 1. The van der Waals surface area contributed by atoms with Crippen LogP contribution in [0.4, 0.5) is 0 Å². The fourth-order valence-corrected chi connectivity index (χ4v) is 2.57. The average Bonchev–Trinajstić information content (AvgIpc) is 2.41. The monoisotopic (exact) mass is 253 g/mol. The van der Waals surface area contributed by atoms with Gasteiger partial charge in [0.1, 0.15) is 0 Å². The van der Waals surface area contributed by atoms with Crippen molar-refractivity contribution in [3.63, 3.8) is 0 Å². The summed E-state index contributed by atoms with van der Waals surface area (Å²) in [5, 5.41) is 0.354. The molecule has 0 saturated carbocycles. The highest BCUT2D eigenvalue weighted by molar-refractivity contribution is 8.00. The first-order valence-electron chi connectivity index (χ1n) is 6.11. The standard InChI is InChI=1S/C17H17S/c1-15(18-17-13-6-3-7-14-17)9-8-12-16-10-4-2-5-11-16/h2-8,10-15H,1,9H2/b12-8+. The lowest BCUT2D eigenvalue weighted by molar-refractivity contribution is 1.07. The Labute approximate surface area is 114 Å². The molecule has 0 bridgehead atoms. The summed E-state index contributed by atoms with van der Waals surface area (Å²) in [6.07, 6.45) is 5.33. The maximum Gasteiger partial charge on any atom is 0.0129 e. The third-order valence-electron chi connectivity index (χ3n) is 2.55. The van der Waals surface area contributed by atoms with E-state index in [-0.39, 0.29) is 0 Å². The van der Waals surface area contributed by atoms with Gasteiger partial charge in [0.2, 0.25) is 0 Å². The van der Waals surface area contributed by atoms with E-state index >= 15 is 0 Å². The summed E-state index contributed by atoms with van der Waals surface area (Å²) in [6, 6.07) is 20.8. The van der Waals surface area contributed by atoms with Crippen molar-refractivity contribution >= 4 is 17.8 Å². The predicted molar refractivity (Wildman–Crippen MR) is 81.5 cm³/mol. The van der Waals surface area contributed by atoms with E-state index in [0.717, 1.165) is 6.42 Å². The Hall–Kier alpha value is -1.47. The molecular weight excluding hydrogens is 236 g/mol. The summed E-state index contributed by atoms with van der Waals surface area (Å²) in [4.78, 5) is 1.28. The van der Waals surface area contributed by atoms with Gasteiger partial charge in [-0.3, -0.25) is 0 Å². The molecule has 0 aliphatic rings. The van der Waals surface area contributed by atoms with E-state index in [2.05, 4.69) is 67.6 Å². The molecule has 1 atom stereocenters. The second-order valence-electron chi connectivity index (χ2n) is 4.10. The van der Waals surface area contributed by atoms with Gasteiger partial charge in [-0.2, -0.15) is 0 Å². The zero-order valence-electron chi connectivity index (χ0n) is 10.3. The normalized spacial score (nSPS) is 12.7. The number of allylic oxidation sites excluding steroid dienone is 1. The fraction of sp³-hybridized carbons (Fsp3) is 0.118. The Morgan fingerprint density at radius 3 is 2.22 bits per heavy atom. The number of thioether (sulfide) groups is 1. The molecular formula is C17H17S. The van der Waals surface area contributed by atoms with E-state index in [1.54, 1.807) is 0 Å². The molecule has 0 N–H and O–H groups in total. The van der Waals surface area contributed by atoms with Crippen LogP contribution in [0.1, 0.15) is 12.0 Å². The second-order valence-corrected chi connectivity index (χ2v) is 5.48. The van der Waals surface area contributed by atoms with Gasteiger partial charge in [-0.25, -0.2) is 0 Å². The first-order chi connectivity index (χ1) is 8.84. The third-order valence-corrected chi connectivity index (χ3v) is 3.62. The van der Waals surface area contributed by atoms with E-state index in [4.69, 9.17) is 0 Å². The van der Waals surface area contributed by atoms with E-state index in [0.29, 0.717) is 5.25 Å². The van der Waals surface area contributed by atoms with Crippen LogP contribution in [-0.4, -0.2) is 5.25 Å². The number of benzene rings is 2. The van der Waals surface area contributed by atoms with Gasteiger partial charge in [0.15, 0.2) is 0 Å². The summed E-state index contributed by atoms with van der Waals surface area (Å²) in [5.41, 5.74) is 1.24. The van der Waals surface area contributed by atoms with Crippen molar-refractivity contribution in [3.8, 4) is 0 Å². The third kappa shape index (κ3) is 4.42. The molecule has 2 aromatic rings. The van der Waals surface area contributed by atoms with Gasteiger partial charge >= 0.3 is 0 Å². The summed E-state index contributed by atoms with van der Waals surface area (Å²) >= 11 is 1.82. The minimum absolute atomic E-state index is 0.354. The summed E-state index contributed by atoms with van der Waals surface area (Å²) < 4.78 is 0. The molecule has 1 unspecified atom stereocenters. The average molecular weight is 253 g/mol. The minimum Gasteiger partial charge on any atom is -0.122 e. The zero-order valence-corrected chi connectivity index (χ0v) is 11.1. The molecule has 0 aliphatic carbocycles. The van der Waals surface area contributed by atoms with Crippen LogP contribution >= 0.6 is 11.8 Å². The van der Waals surface area contributed by atoms with Crippen LogP contribution in [0, 0.1) is 6.92 Å². The van der Waals surface area contributed by atoms with Gasteiger partial charge < -0.3 is 0 Å². The topological polar surface area (TPSA) is 0 Å². The molecule has 2 rings (SSSR count). The van der Waals surface area contributed by atoms with Crippen LogP contribution in [0.2, 0.25) is 0 Å². The van der Waals surface area contributed by atoms with Crippen LogP contribution in [0.3, 0.4) is 0 Å². The molecule has 0 fully saturated rings. The fourth-order valence-electron chi connectivity index (χ4n) is 1.66. The van der Waals surface area contributed by atoms with Crippen LogP contribution < -0.4 is 0 Å². The molecule has 1 heteroatoms. The summed E-state index contributed by atoms with van der Waals surface area (Å²) in [7, 11) is 0. The molecule has 2 aromatic carbocycles. The van der Waals surface area contributed by atoms with Crippen LogP contribution in [0.15, 0.2) is 71.6 Å². The van der Waals surface area contributed by atoms with Gasteiger partial charge in [-0.1, -0.05) is 60.7 Å². The van der Waals surface area contributed by atoms with Crippen molar-refractivity contribution < 1.29 is 0 Å². The van der Waals surface area contributed by atoms with E-state index in [1.807, 2.05) is 23.9 Å². The first kappa shape index (κ1) is 13.0. The molecule has 18 heavy (non-hydrogen) atoms. The van der Waals surface area contributed by atoms with E-state index in [9.17, 15) is 0 Å². The summed E-state index contributed by atoms with van der Waals surface area (Å²) in [6.45, 7) is 4.18. The predicted octanol–water partition coefficient (Wildman–Crippen LogP) is 5.08. The second kappa shape index (κ2) is 7.07. The van der Waals surface area contributed by atoms with Crippen molar-refractivity contribution in [2.75, 3.05) is 0 Å². The van der Waals surface area contributed by atoms with Gasteiger partial charge in [-0.15, -0.1) is 11.8 Å². The maximum atomic E-state index is 4.18. The highest BCUT2D eigenvalue weighted by Crippen LogP contribution is 2.24. The highest BCUT2D eigenvalue weighted by atomic mass is 32.2. The Balaban J connectivity index is 1.82. The van der Waals surface area contributed by atoms with Gasteiger partial charge in [0, 0.05) is 10.1 Å². The van der Waals surface area contributed by atoms with E-state index < -0.39 is 0 Å². The van der Waals surface area contributed by atoms with Crippen LogP contribution in [0.5, 0.6) is 0 Å². The molecule has 1 radical (unpaired) electrons. The minimum atomic E-state index is 0.354. The molecule has 91 valence electrons. The molecule has 0 amide bonds. The molecule has 0 aromatic heterocycles. The highest BCUT2D eigenvalue weighted by Gasteiger charge is 2.01. The smallest absolute Gasteiger partial charge is 0.0129 e. The van der Waals surface area contributed by atoms with Crippen molar-refractivity contribution in [2.24, 2.45) is 0 Å². The van der Waals surface area contributed by atoms with Crippen molar-refractivity contribution in [2.45, 2.75) is 16.6 Å². The lowest BCUT2D eigenvalue weighted by Crippen LogP contribution is -1.93. The Morgan fingerprint density at radius 1 is 0.944 bits per heavy atom. The zero-order chi connectivity index (χ0) is 12.6. The lowest BCUT2D eigenvalue weighted by atomic mass is 10.2. The molecule has 0 aliphatic heterocycles. The SMILES string of the molecule is [CH2]C(C/C=C/c1ccccc1)Sc1ccccc1. The quantitative estimate of drug-likeness (QED) is 0.669. The van der Waals surface area contributed by atoms with Crippen molar-refractivity contribution in [1.29, 1.82) is 0 Å². The summed E-state index contributed by atoms with van der Waals surface area (Å²) in [5.74, 6) is 0. The van der Waals surface area contributed by atoms with Crippen molar-refractivity contribution in [1.82, 2.24) is 0 Å². The number of rotatable bonds is 5. The lowest BCUT2D eigenvalue weighted by Gasteiger charge is -2.07. The Kier molecular flexibility index (Phi) is 5.10. The van der Waals surface area contributed by atoms with E-state index in [1.165, 1.54) is 10.5 Å². The number of hydrogen-bond donors (Lipinski definition) is 0. The van der Waals surface area contributed by atoms with Crippen molar-refractivity contribution in [3.05, 3.63) is 79.2 Å². The Bertz CT molecular complexity index is 473. The first-order valence-corrected chi connectivity index (χ1v) is 6.99. The maximum absolute atomic E-state index is 4.18. The van der Waals surface area contributed by atoms with Gasteiger partial charge in [-0.05, 0) is 31.0 Å². The molecule has 0 heterocycles. The largest absolute Gasteiger partial charge is 0.122 e. The van der Waals surface area contributed by atoms with Gasteiger partial charge in [0.25, 0.3) is 0 Å². The molecule has 0 nitrogen and oxygen atoms in total. The molecule has 0 saturated heterocycles. The Morgan fingerprint density at radius 2 is 1.56 bits per heavy atom. The van der Waals surface area contributed by atoms with Gasteiger partial charge in [0.05, 0.1) is 0 Å². The van der Waals surface area contributed by atoms with Crippen LogP contribution in [-0.2, 0) is 0 Å². The van der Waals surface area contributed by atoms with Crippen LogP contribution in [0.25, 0.3) is 6.08 Å². The molecule has 0 spiro atoms.